The van der Waals surface area contributed by atoms with Gasteiger partial charge in [0.1, 0.15) is 17.5 Å². The predicted molar refractivity (Wildman–Crippen MR) is 167 cm³/mol. The molecule has 0 bridgehead atoms. The number of nitrogens with zero attached hydrogens (tertiary/aromatic N) is 2. The number of amidine groups is 1. The van der Waals surface area contributed by atoms with Crippen LogP contribution in [0.15, 0.2) is 132 Å². The SMILES string of the molecule is c1ccc(C2N=C(c3ccc(-n4c5ccccc5c5ccc6c(c54)Oc4ccc5ccccc5c4O6)cc3)NN2)cc1. The van der Waals surface area contributed by atoms with Gasteiger partial charge in [0.2, 0.25) is 0 Å². The van der Waals surface area contributed by atoms with Crippen LogP contribution in [-0.4, -0.2) is 10.4 Å². The van der Waals surface area contributed by atoms with Crippen LogP contribution in [0.5, 0.6) is 23.0 Å². The second-order valence-electron chi connectivity index (χ2n) is 10.6. The van der Waals surface area contributed by atoms with Crippen LogP contribution < -0.4 is 20.3 Å². The lowest BCUT2D eigenvalue weighted by molar-refractivity contribution is 0.366. The molecule has 1 unspecified atom stereocenters. The molecule has 0 amide bonds. The van der Waals surface area contributed by atoms with E-state index in [0.29, 0.717) is 17.2 Å². The highest BCUT2D eigenvalue weighted by Gasteiger charge is 2.27. The van der Waals surface area contributed by atoms with E-state index in [1.54, 1.807) is 0 Å². The molecule has 2 aliphatic rings. The fourth-order valence-corrected chi connectivity index (χ4v) is 6.12. The van der Waals surface area contributed by atoms with Gasteiger partial charge in [-0.05, 0) is 59.5 Å². The zero-order valence-corrected chi connectivity index (χ0v) is 22.4. The Morgan fingerprint density at radius 3 is 2.19 bits per heavy atom. The van der Waals surface area contributed by atoms with Crippen molar-refractivity contribution in [3.63, 3.8) is 0 Å². The van der Waals surface area contributed by atoms with Gasteiger partial charge in [0, 0.05) is 27.4 Å². The third-order valence-corrected chi connectivity index (χ3v) is 8.12. The monoisotopic (exact) mass is 544 g/mol. The van der Waals surface area contributed by atoms with Crippen molar-refractivity contribution in [2.24, 2.45) is 4.99 Å². The van der Waals surface area contributed by atoms with Gasteiger partial charge in [0.05, 0.1) is 5.52 Å². The minimum absolute atomic E-state index is 0.123. The molecular formula is C36H24N4O2. The molecule has 0 aliphatic carbocycles. The molecule has 2 N–H and O–H groups in total. The number of aromatic nitrogens is 1. The van der Waals surface area contributed by atoms with Gasteiger partial charge in [-0.1, -0.05) is 78.9 Å². The highest BCUT2D eigenvalue weighted by Crippen LogP contribution is 2.52. The van der Waals surface area contributed by atoms with Crippen LogP contribution in [0.25, 0.3) is 38.3 Å². The van der Waals surface area contributed by atoms with Gasteiger partial charge in [0.15, 0.2) is 23.0 Å². The van der Waals surface area contributed by atoms with Crippen molar-refractivity contribution in [2.45, 2.75) is 6.17 Å². The maximum absolute atomic E-state index is 6.67. The molecule has 200 valence electrons. The number of nitrogens with one attached hydrogen (secondary N) is 2. The first-order valence-corrected chi connectivity index (χ1v) is 14.0. The fraction of sp³-hybridized carbons (Fsp3) is 0.0278. The van der Waals surface area contributed by atoms with Gasteiger partial charge in [-0.3, -0.25) is 0 Å². The molecule has 6 aromatic carbocycles. The van der Waals surface area contributed by atoms with E-state index in [1.807, 2.05) is 42.5 Å². The first kappa shape index (κ1) is 23.1. The molecule has 1 aromatic heterocycles. The Kier molecular flexibility index (Phi) is 4.94. The Hall–Kier alpha value is -5.59. The van der Waals surface area contributed by atoms with Crippen LogP contribution >= 0.6 is 0 Å². The third-order valence-electron chi connectivity index (χ3n) is 8.12. The van der Waals surface area contributed by atoms with E-state index in [-0.39, 0.29) is 6.17 Å². The Bertz CT molecular complexity index is 2200. The zero-order chi connectivity index (χ0) is 27.6. The number of benzene rings is 6. The molecular weight excluding hydrogens is 520 g/mol. The zero-order valence-electron chi connectivity index (χ0n) is 22.4. The molecule has 0 saturated carbocycles. The summed E-state index contributed by atoms with van der Waals surface area (Å²) in [6, 6.07) is 43.6. The molecule has 0 spiro atoms. The molecule has 2 aliphatic heterocycles. The van der Waals surface area contributed by atoms with Crippen molar-refractivity contribution in [3.8, 4) is 28.7 Å². The smallest absolute Gasteiger partial charge is 0.194 e. The van der Waals surface area contributed by atoms with E-state index in [1.165, 1.54) is 0 Å². The van der Waals surface area contributed by atoms with E-state index in [9.17, 15) is 0 Å². The van der Waals surface area contributed by atoms with Crippen LogP contribution in [-0.2, 0) is 0 Å². The van der Waals surface area contributed by atoms with Gasteiger partial charge in [-0.25, -0.2) is 10.4 Å². The number of aliphatic imine (C=N–C) groups is 1. The predicted octanol–water partition coefficient (Wildman–Crippen LogP) is 8.39. The highest BCUT2D eigenvalue weighted by atomic mass is 16.6. The number of rotatable bonds is 3. The van der Waals surface area contributed by atoms with Gasteiger partial charge in [-0.2, -0.15) is 0 Å². The summed E-state index contributed by atoms with van der Waals surface area (Å²) in [5, 5.41) is 4.41. The van der Waals surface area contributed by atoms with Crippen LogP contribution in [0.3, 0.4) is 0 Å². The molecule has 42 heavy (non-hydrogen) atoms. The molecule has 0 radical (unpaired) electrons. The normalized spacial score (nSPS) is 15.5. The first-order valence-electron chi connectivity index (χ1n) is 14.0. The summed E-state index contributed by atoms with van der Waals surface area (Å²) in [7, 11) is 0. The van der Waals surface area contributed by atoms with Crippen LogP contribution in [0.2, 0.25) is 0 Å². The van der Waals surface area contributed by atoms with Crippen molar-refractivity contribution in [3.05, 3.63) is 139 Å². The largest absolute Gasteiger partial charge is 0.449 e. The van der Waals surface area contributed by atoms with Gasteiger partial charge in [-0.15, -0.1) is 0 Å². The van der Waals surface area contributed by atoms with Crippen molar-refractivity contribution >= 4 is 38.4 Å². The second-order valence-corrected chi connectivity index (χ2v) is 10.6. The van der Waals surface area contributed by atoms with E-state index in [2.05, 4.69) is 100 Å². The summed E-state index contributed by atoms with van der Waals surface area (Å²) in [5.74, 6) is 3.70. The number of ether oxygens (including phenoxy) is 2. The number of fused-ring (bicyclic) bond motifs is 8. The number of para-hydroxylation sites is 1. The molecule has 6 heteroatoms. The van der Waals surface area contributed by atoms with E-state index < -0.39 is 0 Å². The molecule has 7 aromatic rings. The summed E-state index contributed by atoms with van der Waals surface area (Å²) in [5.41, 5.74) is 11.8. The van der Waals surface area contributed by atoms with E-state index in [4.69, 9.17) is 14.5 Å². The van der Waals surface area contributed by atoms with Gasteiger partial charge < -0.3 is 19.5 Å². The highest BCUT2D eigenvalue weighted by molar-refractivity contribution is 6.12. The molecule has 6 nitrogen and oxygen atoms in total. The molecule has 9 rings (SSSR count). The summed E-state index contributed by atoms with van der Waals surface area (Å²) in [4.78, 5) is 4.87. The quantitative estimate of drug-likeness (QED) is 0.235. The second kappa shape index (κ2) is 8.96. The third kappa shape index (κ3) is 3.46. The number of hydrogen-bond donors (Lipinski definition) is 2. The van der Waals surface area contributed by atoms with E-state index >= 15 is 0 Å². The minimum Gasteiger partial charge on any atom is -0.449 e. The molecule has 0 fully saturated rings. The topological polar surface area (TPSA) is 59.8 Å². The first-order chi connectivity index (χ1) is 20.8. The number of hydrogen-bond acceptors (Lipinski definition) is 5. The maximum atomic E-state index is 6.67. The molecule has 1 atom stereocenters. The van der Waals surface area contributed by atoms with Crippen LogP contribution in [0.4, 0.5) is 0 Å². The van der Waals surface area contributed by atoms with Crippen molar-refractivity contribution in [1.82, 2.24) is 15.4 Å². The fourth-order valence-electron chi connectivity index (χ4n) is 6.12. The summed E-state index contributed by atoms with van der Waals surface area (Å²) in [6.07, 6.45) is -0.123. The lowest BCUT2D eigenvalue weighted by Crippen LogP contribution is -2.31. The standard InChI is InChI=1S/C36H24N4O2/c1-2-9-23(10-3-1)35-37-36(39-38-35)24-14-17-25(18-15-24)40-29-13-7-6-12-27(29)28-19-21-31-34(32(28)40)42-30-20-16-22-8-4-5-11-26(22)33(30)41-31/h1-21,35,38H,(H,37,39). The van der Waals surface area contributed by atoms with Crippen LogP contribution in [0, 0.1) is 0 Å². The Balaban J connectivity index is 1.17. The van der Waals surface area contributed by atoms with Gasteiger partial charge >= 0.3 is 0 Å². The summed E-state index contributed by atoms with van der Waals surface area (Å²) >= 11 is 0. The molecule has 3 heterocycles. The van der Waals surface area contributed by atoms with Crippen molar-refractivity contribution in [2.75, 3.05) is 0 Å². The Morgan fingerprint density at radius 1 is 0.595 bits per heavy atom. The Labute approximate surface area is 241 Å². The van der Waals surface area contributed by atoms with E-state index in [0.717, 1.165) is 61.0 Å². The average molecular weight is 545 g/mol. The number of hydrazine groups is 1. The summed E-state index contributed by atoms with van der Waals surface area (Å²) < 4.78 is 15.5. The Morgan fingerprint density at radius 2 is 1.31 bits per heavy atom. The van der Waals surface area contributed by atoms with Crippen LogP contribution in [0.1, 0.15) is 17.3 Å². The summed E-state index contributed by atoms with van der Waals surface area (Å²) in [6.45, 7) is 0. The average Bonchev–Trinajstić information content (AvgIpc) is 3.68. The maximum Gasteiger partial charge on any atom is 0.194 e. The molecule has 0 saturated heterocycles. The lowest BCUT2D eigenvalue weighted by atomic mass is 10.1. The van der Waals surface area contributed by atoms with Crippen molar-refractivity contribution < 1.29 is 9.47 Å². The van der Waals surface area contributed by atoms with Crippen molar-refractivity contribution in [1.29, 1.82) is 0 Å². The lowest BCUT2D eigenvalue weighted by Gasteiger charge is -2.23. The van der Waals surface area contributed by atoms with Gasteiger partial charge in [0.25, 0.3) is 0 Å². The minimum atomic E-state index is -0.123.